The topological polar surface area (TPSA) is 37.8 Å². The molecule has 0 atom stereocenters. The minimum Gasteiger partial charge on any atom is -0.354 e. The van der Waals surface area contributed by atoms with Crippen LogP contribution in [-0.4, -0.2) is 22.7 Å². The van der Waals surface area contributed by atoms with Gasteiger partial charge in [-0.1, -0.05) is 0 Å². The number of rotatable bonds is 3. The standard InChI is InChI=1S/C7H7BrF3N3/c8-5-3-13-6(14-4-5)12-2-1-7(9,10)11/h3-4H,1-2H2,(H,12,13,14). The van der Waals surface area contributed by atoms with Crippen molar-refractivity contribution in [3.05, 3.63) is 16.9 Å². The Morgan fingerprint density at radius 2 is 1.86 bits per heavy atom. The maximum absolute atomic E-state index is 11.7. The van der Waals surface area contributed by atoms with Crippen LogP contribution in [0, 0.1) is 0 Å². The Balaban J connectivity index is 2.35. The van der Waals surface area contributed by atoms with E-state index in [1.807, 2.05) is 0 Å². The molecule has 7 heteroatoms. The van der Waals surface area contributed by atoms with Crippen LogP contribution in [0.5, 0.6) is 0 Å². The Hall–Kier alpha value is -0.850. The molecule has 0 aliphatic carbocycles. The normalized spacial score (nSPS) is 11.4. The third kappa shape index (κ3) is 4.40. The van der Waals surface area contributed by atoms with Gasteiger partial charge < -0.3 is 5.32 Å². The van der Waals surface area contributed by atoms with Crippen LogP contribution in [0.25, 0.3) is 0 Å². The van der Waals surface area contributed by atoms with Gasteiger partial charge in [-0.05, 0) is 15.9 Å². The maximum Gasteiger partial charge on any atom is 0.390 e. The highest BCUT2D eigenvalue weighted by Crippen LogP contribution is 2.18. The Kier molecular flexibility index (Phi) is 3.68. The molecule has 1 aromatic rings. The molecule has 0 bridgehead atoms. The second-order valence-electron chi connectivity index (χ2n) is 2.52. The zero-order valence-corrected chi connectivity index (χ0v) is 8.56. The molecule has 1 heterocycles. The monoisotopic (exact) mass is 269 g/mol. The molecule has 0 spiro atoms. The third-order valence-corrected chi connectivity index (χ3v) is 1.72. The van der Waals surface area contributed by atoms with E-state index in [2.05, 4.69) is 31.2 Å². The van der Waals surface area contributed by atoms with Gasteiger partial charge in [0.05, 0.1) is 10.9 Å². The molecule has 1 aromatic heterocycles. The first-order chi connectivity index (χ1) is 6.47. The number of aromatic nitrogens is 2. The van der Waals surface area contributed by atoms with Crippen LogP contribution in [0.3, 0.4) is 0 Å². The van der Waals surface area contributed by atoms with Crippen molar-refractivity contribution in [1.82, 2.24) is 9.97 Å². The van der Waals surface area contributed by atoms with Crippen LogP contribution in [0.2, 0.25) is 0 Å². The molecule has 0 aliphatic rings. The summed E-state index contributed by atoms with van der Waals surface area (Å²) in [6, 6.07) is 0. The van der Waals surface area contributed by atoms with Crippen LogP contribution in [-0.2, 0) is 0 Å². The van der Waals surface area contributed by atoms with Crippen molar-refractivity contribution in [3.8, 4) is 0 Å². The fraction of sp³-hybridized carbons (Fsp3) is 0.429. The molecule has 3 nitrogen and oxygen atoms in total. The van der Waals surface area contributed by atoms with E-state index in [4.69, 9.17) is 0 Å². The van der Waals surface area contributed by atoms with Crippen LogP contribution in [0.15, 0.2) is 16.9 Å². The average molecular weight is 270 g/mol. The molecular weight excluding hydrogens is 263 g/mol. The van der Waals surface area contributed by atoms with Crippen LogP contribution in [0.4, 0.5) is 19.1 Å². The Morgan fingerprint density at radius 1 is 1.29 bits per heavy atom. The van der Waals surface area contributed by atoms with Crippen LogP contribution >= 0.6 is 15.9 Å². The van der Waals surface area contributed by atoms with E-state index < -0.39 is 12.6 Å². The number of hydrogen-bond donors (Lipinski definition) is 1. The smallest absolute Gasteiger partial charge is 0.354 e. The van der Waals surface area contributed by atoms with Gasteiger partial charge in [-0.2, -0.15) is 13.2 Å². The highest BCUT2D eigenvalue weighted by Gasteiger charge is 2.26. The van der Waals surface area contributed by atoms with Crippen molar-refractivity contribution in [2.75, 3.05) is 11.9 Å². The lowest BCUT2D eigenvalue weighted by molar-refractivity contribution is -0.131. The molecule has 1 N–H and O–H groups in total. The summed E-state index contributed by atoms with van der Waals surface area (Å²) in [7, 11) is 0. The summed E-state index contributed by atoms with van der Waals surface area (Å²) in [6.07, 6.45) is -2.12. The molecule has 0 fully saturated rings. The van der Waals surface area contributed by atoms with E-state index in [-0.39, 0.29) is 12.5 Å². The second kappa shape index (κ2) is 4.59. The largest absolute Gasteiger partial charge is 0.390 e. The highest BCUT2D eigenvalue weighted by atomic mass is 79.9. The Bertz CT molecular complexity index is 285. The van der Waals surface area contributed by atoms with Gasteiger partial charge in [0.15, 0.2) is 0 Å². The van der Waals surface area contributed by atoms with Crippen molar-refractivity contribution in [2.45, 2.75) is 12.6 Å². The Labute approximate surface area is 86.9 Å². The summed E-state index contributed by atoms with van der Waals surface area (Å²) in [5, 5.41) is 2.47. The highest BCUT2D eigenvalue weighted by molar-refractivity contribution is 9.10. The van der Waals surface area contributed by atoms with E-state index >= 15 is 0 Å². The first-order valence-electron chi connectivity index (χ1n) is 3.75. The van der Waals surface area contributed by atoms with Gasteiger partial charge in [-0.3, -0.25) is 0 Å². The molecule has 0 unspecified atom stereocenters. The molecule has 1 rings (SSSR count). The molecular formula is C7H7BrF3N3. The quantitative estimate of drug-likeness (QED) is 0.917. The number of halogens is 4. The average Bonchev–Trinajstić information content (AvgIpc) is 2.06. The van der Waals surface area contributed by atoms with E-state index in [0.29, 0.717) is 4.47 Å². The minimum atomic E-state index is -4.15. The van der Waals surface area contributed by atoms with Crippen LogP contribution in [0.1, 0.15) is 6.42 Å². The fourth-order valence-electron chi connectivity index (χ4n) is 0.720. The van der Waals surface area contributed by atoms with E-state index in [9.17, 15) is 13.2 Å². The van der Waals surface area contributed by atoms with Gasteiger partial charge in [0.2, 0.25) is 5.95 Å². The summed E-state index contributed by atoms with van der Waals surface area (Å²) in [5.74, 6) is 0.192. The molecule has 0 aliphatic heterocycles. The zero-order chi connectivity index (χ0) is 10.6. The van der Waals surface area contributed by atoms with Crippen molar-refractivity contribution in [3.63, 3.8) is 0 Å². The lowest BCUT2D eigenvalue weighted by atomic mass is 10.4. The van der Waals surface area contributed by atoms with E-state index in [1.54, 1.807) is 0 Å². The summed E-state index contributed by atoms with van der Waals surface area (Å²) in [6.45, 7) is -0.217. The molecule has 14 heavy (non-hydrogen) atoms. The van der Waals surface area contributed by atoms with Gasteiger partial charge in [-0.25, -0.2) is 9.97 Å². The number of alkyl halides is 3. The van der Waals surface area contributed by atoms with Crippen molar-refractivity contribution >= 4 is 21.9 Å². The molecule has 0 saturated heterocycles. The lowest BCUT2D eigenvalue weighted by Crippen LogP contribution is -2.15. The molecule has 78 valence electrons. The van der Waals surface area contributed by atoms with Gasteiger partial charge >= 0.3 is 6.18 Å². The molecule has 0 aromatic carbocycles. The fourth-order valence-corrected chi connectivity index (χ4v) is 0.924. The number of nitrogens with one attached hydrogen (secondary N) is 1. The number of anilines is 1. The third-order valence-electron chi connectivity index (χ3n) is 1.31. The second-order valence-corrected chi connectivity index (χ2v) is 3.43. The van der Waals surface area contributed by atoms with E-state index in [1.165, 1.54) is 12.4 Å². The SMILES string of the molecule is FC(F)(F)CCNc1ncc(Br)cn1. The van der Waals surface area contributed by atoms with Gasteiger partial charge in [-0.15, -0.1) is 0 Å². The summed E-state index contributed by atoms with van der Waals surface area (Å²) < 4.78 is 35.9. The first kappa shape index (κ1) is 11.2. The lowest BCUT2D eigenvalue weighted by Gasteiger charge is -2.06. The number of nitrogens with zero attached hydrogens (tertiary/aromatic N) is 2. The predicted octanol–water partition coefficient (Wildman–Crippen LogP) is 2.60. The molecule has 0 amide bonds. The van der Waals surface area contributed by atoms with Crippen LogP contribution < -0.4 is 5.32 Å². The van der Waals surface area contributed by atoms with E-state index in [0.717, 1.165) is 0 Å². The summed E-state index contributed by atoms with van der Waals surface area (Å²) >= 11 is 3.11. The van der Waals surface area contributed by atoms with Gasteiger partial charge in [0, 0.05) is 18.9 Å². The van der Waals surface area contributed by atoms with Gasteiger partial charge in [0.25, 0.3) is 0 Å². The predicted molar refractivity (Wildman–Crippen MR) is 48.9 cm³/mol. The Morgan fingerprint density at radius 3 is 2.36 bits per heavy atom. The number of hydrogen-bond acceptors (Lipinski definition) is 3. The summed E-state index contributed by atoms with van der Waals surface area (Å²) in [5.41, 5.74) is 0. The molecule has 0 radical (unpaired) electrons. The maximum atomic E-state index is 11.7. The van der Waals surface area contributed by atoms with Gasteiger partial charge in [0.1, 0.15) is 0 Å². The first-order valence-corrected chi connectivity index (χ1v) is 4.55. The van der Waals surface area contributed by atoms with Crippen molar-refractivity contribution in [2.24, 2.45) is 0 Å². The zero-order valence-electron chi connectivity index (χ0n) is 6.98. The van der Waals surface area contributed by atoms with Crippen molar-refractivity contribution in [1.29, 1.82) is 0 Å². The molecule has 0 saturated carbocycles. The minimum absolute atomic E-state index is 0.192. The summed E-state index contributed by atoms with van der Waals surface area (Å²) in [4.78, 5) is 7.52. The van der Waals surface area contributed by atoms with Crippen molar-refractivity contribution < 1.29 is 13.2 Å².